The van der Waals surface area contributed by atoms with E-state index >= 15 is 0 Å². The average molecular weight is 233 g/mol. The number of nitrogens with zero attached hydrogens (tertiary/aromatic N) is 1. The second kappa shape index (κ2) is 5.30. The summed E-state index contributed by atoms with van der Waals surface area (Å²) >= 11 is 0. The Morgan fingerprint density at radius 2 is 1.80 bits per heavy atom. The van der Waals surface area contributed by atoms with Crippen molar-refractivity contribution in [3.8, 4) is 0 Å². The predicted octanol–water partition coefficient (Wildman–Crippen LogP) is 2.09. The molecule has 0 aromatic carbocycles. The van der Waals surface area contributed by atoms with Gasteiger partial charge in [-0.25, -0.2) is 12.7 Å². The van der Waals surface area contributed by atoms with E-state index < -0.39 is 10.0 Å². The maximum absolute atomic E-state index is 11.9. The van der Waals surface area contributed by atoms with Crippen LogP contribution in [0.4, 0.5) is 0 Å². The highest BCUT2D eigenvalue weighted by atomic mass is 32.2. The van der Waals surface area contributed by atoms with Crippen molar-refractivity contribution in [2.24, 2.45) is 11.8 Å². The standard InChI is InChI=1S/C11H23NO2S/c1-4-11-5-7-12(8-6-11)15(13,14)9-10(2)3/h10-11H,4-9H2,1-3H3. The molecule has 4 heteroatoms. The van der Waals surface area contributed by atoms with Gasteiger partial charge in [0.25, 0.3) is 0 Å². The van der Waals surface area contributed by atoms with Crippen molar-refractivity contribution in [1.29, 1.82) is 0 Å². The van der Waals surface area contributed by atoms with Gasteiger partial charge >= 0.3 is 0 Å². The van der Waals surface area contributed by atoms with Gasteiger partial charge in [-0.05, 0) is 24.7 Å². The first-order valence-corrected chi connectivity index (χ1v) is 7.54. The van der Waals surface area contributed by atoms with Crippen molar-refractivity contribution >= 4 is 10.0 Å². The Kier molecular flexibility index (Phi) is 4.59. The van der Waals surface area contributed by atoms with Crippen LogP contribution in [-0.2, 0) is 10.0 Å². The molecule has 1 aliphatic heterocycles. The fourth-order valence-electron chi connectivity index (χ4n) is 2.12. The molecule has 1 fully saturated rings. The van der Waals surface area contributed by atoms with Crippen LogP contribution in [0.1, 0.15) is 40.0 Å². The molecule has 0 aromatic heterocycles. The SMILES string of the molecule is CCC1CCN(S(=O)(=O)CC(C)C)CC1. The van der Waals surface area contributed by atoms with Gasteiger partial charge in [-0.1, -0.05) is 27.2 Å². The Morgan fingerprint density at radius 1 is 1.27 bits per heavy atom. The molecule has 90 valence electrons. The molecular weight excluding hydrogens is 210 g/mol. The second-order valence-electron chi connectivity index (χ2n) is 4.92. The quantitative estimate of drug-likeness (QED) is 0.745. The number of hydrogen-bond donors (Lipinski definition) is 0. The maximum atomic E-state index is 11.9. The summed E-state index contributed by atoms with van der Waals surface area (Å²) in [6, 6.07) is 0. The Morgan fingerprint density at radius 3 is 2.20 bits per heavy atom. The third-order valence-corrected chi connectivity index (χ3v) is 5.33. The summed E-state index contributed by atoms with van der Waals surface area (Å²) in [5, 5.41) is 0. The van der Waals surface area contributed by atoms with Gasteiger partial charge in [-0.2, -0.15) is 0 Å². The van der Waals surface area contributed by atoms with Crippen LogP contribution in [-0.4, -0.2) is 31.6 Å². The first-order chi connectivity index (χ1) is 6.95. The van der Waals surface area contributed by atoms with Crippen LogP contribution in [0.25, 0.3) is 0 Å². The van der Waals surface area contributed by atoms with Crippen LogP contribution in [0, 0.1) is 11.8 Å². The maximum Gasteiger partial charge on any atom is 0.214 e. The lowest BCUT2D eigenvalue weighted by Crippen LogP contribution is -2.40. The molecule has 0 N–H and O–H groups in total. The molecule has 0 aliphatic carbocycles. The summed E-state index contributed by atoms with van der Waals surface area (Å²) in [5.74, 6) is 1.25. The van der Waals surface area contributed by atoms with Gasteiger partial charge in [0.2, 0.25) is 10.0 Å². The van der Waals surface area contributed by atoms with Crippen LogP contribution >= 0.6 is 0 Å². The van der Waals surface area contributed by atoms with E-state index in [0.29, 0.717) is 5.75 Å². The zero-order valence-corrected chi connectivity index (χ0v) is 10.9. The smallest absolute Gasteiger partial charge is 0.212 e. The van der Waals surface area contributed by atoms with Crippen LogP contribution in [0.3, 0.4) is 0 Å². The normalized spacial score (nSPS) is 21.1. The molecule has 0 radical (unpaired) electrons. The van der Waals surface area contributed by atoms with Gasteiger partial charge < -0.3 is 0 Å². The van der Waals surface area contributed by atoms with Gasteiger partial charge in [-0.15, -0.1) is 0 Å². The van der Waals surface area contributed by atoms with Crippen molar-refractivity contribution in [3.05, 3.63) is 0 Å². The molecule has 0 bridgehead atoms. The lowest BCUT2D eigenvalue weighted by Gasteiger charge is -2.31. The van der Waals surface area contributed by atoms with Crippen LogP contribution in [0.2, 0.25) is 0 Å². The first kappa shape index (κ1) is 13.0. The summed E-state index contributed by atoms with van der Waals surface area (Å²) in [5.41, 5.74) is 0. The Bertz CT molecular complexity index is 277. The number of rotatable bonds is 4. The van der Waals surface area contributed by atoms with Gasteiger partial charge in [0.1, 0.15) is 0 Å². The van der Waals surface area contributed by atoms with Crippen LogP contribution in [0.15, 0.2) is 0 Å². The summed E-state index contributed by atoms with van der Waals surface area (Å²) in [7, 11) is -2.98. The molecule has 0 atom stereocenters. The fourth-order valence-corrected chi connectivity index (χ4v) is 3.94. The zero-order valence-electron chi connectivity index (χ0n) is 10.1. The van der Waals surface area contributed by atoms with Crippen LogP contribution in [0.5, 0.6) is 0 Å². The van der Waals surface area contributed by atoms with E-state index in [9.17, 15) is 8.42 Å². The minimum absolute atomic E-state index is 0.221. The van der Waals surface area contributed by atoms with E-state index in [4.69, 9.17) is 0 Å². The van der Waals surface area contributed by atoms with Crippen molar-refractivity contribution in [3.63, 3.8) is 0 Å². The number of hydrogen-bond acceptors (Lipinski definition) is 2. The Balaban J connectivity index is 2.52. The zero-order chi connectivity index (χ0) is 11.5. The van der Waals surface area contributed by atoms with Crippen molar-refractivity contribution < 1.29 is 8.42 Å². The molecule has 1 heterocycles. The molecule has 0 spiro atoms. The van der Waals surface area contributed by atoms with Gasteiger partial charge in [0.15, 0.2) is 0 Å². The highest BCUT2D eigenvalue weighted by Crippen LogP contribution is 2.22. The lowest BCUT2D eigenvalue weighted by atomic mass is 9.96. The predicted molar refractivity (Wildman–Crippen MR) is 63.2 cm³/mol. The largest absolute Gasteiger partial charge is 0.214 e. The third kappa shape index (κ3) is 3.76. The molecule has 1 aliphatic rings. The van der Waals surface area contributed by atoms with Crippen molar-refractivity contribution in [2.75, 3.05) is 18.8 Å². The molecule has 0 amide bonds. The van der Waals surface area contributed by atoms with E-state index in [-0.39, 0.29) is 5.92 Å². The number of piperidine rings is 1. The molecule has 0 unspecified atom stereocenters. The van der Waals surface area contributed by atoms with Gasteiger partial charge in [-0.3, -0.25) is 0 Å². The summed E-state index contributed by atoms with van der Waals surface area (Å²) in [6.45, 7) is 7.55. The third-order valence-electron chi connectivity index (χ3n) is 3.09. The van der Waals surface area contributed by atoms with E-state index in [0.717, 1.165) is 31.8 Å². The second-order valence-corrected chi connectivity index (χ2v) is 6.94. The highest BCUT2D eigenvalue weighted by molar-refractivity contribution is 7.89. The summed E-state index contributed by atoms with van der Waals surface area (Å²) in [4.78, 5) is 0. The Hall–Kier alpha value is -0.0900. The lowest BCUT2D eigenvalue weighted by molar-refractivity contribution is 0.268. The van der Waals surface area contributed by atoms with E-state index in [1.54, 1.807) is 4.31 Å². The Labute approximate surface area is 93.9 Å². The molecule has 1 saturated heterocycles. The fraction of sp³-hybridized carbons (Fsp3) is 1.00. The highest BCUT2D eigenvalue weighted by Gasteiger charge is 2.27. The van der Waals surface area contributed by atoms with Gasteiger partial charge in [0, 0.05) is 13.1 Å². The average Bonchev–Trinajstić information content (AvgIpc) is 2.16. The van der Waals surface area contributed by atoms with E-state index in [1.807, 2.05) is 13.8 Å². The monoisotopic (exact) mass is 233 g/mol. The summed E-state index contributed by atoms with van der Waals surface area (Å²) < 4.78 is 25.5. The molecule has 0 aromatic rings. The molecule has 15 heavy (non-hydrogen) atoms. The van der Waals surface area contributed by atoms with E-state index in [2.05, 4.69) is 6.92 Å². The first-order valence-electron chi connectivity index (χ1n) is 5.93. The molecule has 3 nitrogen and oxygen atoms in total. The topological polar surface area (TPSA) is 37.4 Å². The van der Waals surface area contributed by atoms with Gasteiger partial charge in [0.05, 0.1) is 5.75 Å². The van der Waals surface area contributed by atoms with E-state index in [1.165, 1.54) is 6.42 Å². The van der Waals surface area contributed by atoms with Crippen LogP contribution < -0.4 is 0 Å². The molecule has 1 rings (SSSR count). The number of sulfonamides is 1. The van der Waals surface area contributed by atoms with Crippen molar-refractivity contribution in [1.82, 2.24) is 4.31 Å². The summed E-state index contributed by atoms with van der Waals surface area (Å²) in [6.07, 6.45) is 3.25. The molecule has 0 saturated carbocycles. The minimum Gasteiger partial charge on any atom is -0.212 e. The minimum atomic E-state index is -2.98. The van der Waals surface area contributed by atoms with Crippen molar-refractivity contribution in [2.45, 2.75) is 40.0 Å². The molecular formula is C11H23NO2S.